The summed E-state index contributed by atoms with van der Waals surface area (Å²) in [5.74, 6) is 1.44. The highest BCUT2D eigenvalue weighted by Gasteiger charge is 2.24. The zero-order chi connectivity index (χ0) is 20.0. The summed E-state index contributed by atoms with van der Waals surface area (Å²) >= 11 is 0. The van der Waals surface area contributed by atoms with E-state index in [0.29, 0.717) is 45.0 Å². The number of ether oxygens (including phenoxy) is 2. The fourth-order valence-electron chi connectivity index (χ4n) is 3.07. The molecule has 154 valence electrons. The number of hydrogen-bond acceptors (Lipinski definition) is 7. The summed E-state index contributed by atoms with van der Waals surface area (Å²) in [5.41, 5.74) is 0.958. The molecule has 1 aliphatic rings. The third-order valence-electron chi connectivity index (χ3n) is 4.47. The average molecular weight is 402 g/mol. The first-order valence-corrected chi connectivity index (χ1v) is 10.8. The molecule has 0 aromatic heterocycles. The lowest BCUT2D eigenvalue weighted by molar-refractivity contribution is 0.0820. The highest BCUT2D eigenvalue weighted by atomic mass is 32.2. The van der Waals surface area contributed by atoms with Gasteiger partial charge in [-0.05, 0) is 32.3 Å². The van der Waals surface area contributed by atoms with Gasteiger partial charge in [0, 0.05) is 44.8 Å². The second-order valence-corrected chi connectivity index (χ2v) is 9.12. The minimum Gasteiger partial charge on any atom is -0.497 e. The SMILES string of the molecule is COc1ccc(OCC(O)CN(C)C)c(CN2CCN(S(C)(=O)=O)CC2)c1. The predicted molar refractivity (Wildman–Crippen MR) is 105 cm³/mol. The molecule has 1 atom stereocenters. The highest BCUT2D eigenvalue weighted by Crippen LogP contribution is 2.26. The molecule has 0 aliphatic carbocycles. The monoisotopic (exact) mass is 401 g/mol. The number of benzene rings is 1. The van der Waals surface area contributed by atoms with Crippen LogP contribution in [0.5, 0.6) is 11.5 Å². The molecule has 1 aromatic rings. The van der Waals surface area contributed by atoms with Gasteiger partial charge in [-0.1, -0.05) is 0 Å². The Kier molecular flexibility index (Phi) is 7.87. The third kappa shape index (κ3) is 6.93. The van der Waals surface area contributed by atoms with Gasteiger partial charge in [0.25, 0.3) is 0 Å². The van der Waals surface area contributed by atoms with Gasteiger partial charge in [-0.25, -0.2) is 8.42 Å². The summed E-state index contributed by atoms with van der Waals surface area (Å²) in [6.07, 6.45) is 0.670. The molecule has 1 saturated heterocycles. The molecule has 0 saturated carbocycles. The normalized spacial score (nSPS) is 17.9. The van der Waals surface area contributed by atoms with E-state index in [0.717, 1.165) is 11.3 Å². The van der Waals surface area contributed by atoms with Gasteiger partial charge >= 0.3 is 0 Å². The zero-order valence-electron chi connectivity index (χ0n) is 16.6. The Bertz CT molecular complexity index is 703. The molecule has 1 N–H and O–H groups in total. The number of hydrogen-bond donors (Lipinski definition) is 1. The lowest BCUT2D eigenvalue weighted by atomic mass is 10.1. The Morgan fingerprint density at radius 3 is 2.44 bits per heavy atom. The quantitative estimate of drug-likeness (QED) is 0.627. The number of aliphatic hydroxyl groups is 1. The largest absolute Gasteiger partial charge is 0.497 e. The van der Waals surface area contributed by atoms with Crippen molar-refractivity contribution in [3.05, 3.63) is 23.8 Å². The van der Waals surface area contributed by atoms with Crippen LogP contribution in [0.2, 0.25) is 0 Å². The smallest absolute Gasteiger partial charge is 0.211 e. The van der Waals surface area contributed by atoms with Crippen LogP contribution in [0.25, 0.3) is 0 Å². The van der Waals surface area contributed by atoms with Gasteiger partial charge in [0.2, 0.25) is 10.0 Å². The van der Waals surface area contributed by atoms with Gasteiger partial charge in [-0.2, -0.15) is 4.31 Å². The Morgan fingerprint density at radius 2 is 1.89 bits per heavy atom. The number of rotatable bonds is 9. The van der Waals surface area contributed by atoms with Crippen molar-refractivity contribution in [2.24, 2.45) is 0 Å². The van der Waals surface area contributed by atoms with Gasteiger partial charge in [0.1, 0.15) is 24.2 Å². The first kappa shape index (κ1) is 21.9. The number of nitrogens with zero attached hydrogens (tertiary/aromatic N) is 3. The number of likely N-dealkylation sites (N-methyl/N-ethyl adjacent to an activating group) is 1. The van der Waals surface area contributed by atoms with E-state index in [2.05, 4.69) is 4.90 Å². The summed E-state index contributed by atoms with van der Waals surface area (Å²) in [7, 11) is 2.28. The number of aliphatic hydroxyl groups excluding tert-OH is 1. The maximum absolute atomic E-state index is 11.7. The highest BCUT2D eigenvalue weighted by molar-refractivity contribution is 7.88. The van der Waals surface area contributed by atoms with Gasteiger partial charge in [0.15, 0.2) is 0 Å². The van der Waals surface area contributed by atoms with E-state index >= 15 is 0 Å². The van der Waals surface area contributed by atoms with Crippen molar-refractivity contribution < 1.29 is 23.0 Å². The minimum atomic E-state index is -3.14. The molecule has 1 fully saturated rings. The van der Waals surface area contributed by atoms with Gasteiger partial charge in [-0.15, -0.1) is 0 Å². The molecule has 1 aliphatic heterocycles. The Hall–Kier alpha value is -1.39. The van der Waals surface area contributed by atoms with Crippen molar-refractivity contribution in [2.45, 2.75) is 12.6 Å². The lowest BCUT2D eigenvalue weighted by Crippen LogP contribution is -2.47. The molecule has 1 unspecified atom stereocenters. The van der Waals surface area contributed by atoms with Crippen LogP contribution in [-0.4, -0.2) is 101 Å². The summed E-state index contributed by atoms with van der Waals surface area (Å²) in [4.78, 5) is 4.10. The van der Waals surface area contributed by atoms with E-state index in [9.17, 15) is 13.5 Å². The van der Waals surface area contributed by atoms with Crippen LogP contribution >= 0.6 is 0 Å². The second-order valence-electron chi connectivity index (χ2n) is 7.14. The first-order valence-electron chi connectivity index (χ1n) is 8.99. The van der Waals surface area contributed by atoms with Crippen LogP contribution in [0.4, 0.5) is 0 Å². The van der Waals surface area contributed by atoms with Crippen LogP contribution in [0.15, 0.2) is 18.2 Å². The molecule has 8 nitrogen and oxygen atoms in total. The standard InChI is InChI=1S/C18H31N3O5S/c1-19(2)13-16(22)14-26-18-6-5-17(25-3)11-15(18)12-20-7-9-21(10-8-20)27(4,23)24/h5-6,11,16,22H,7-10,12-14H2,1-4H3. The first-order chi connectivity index (χ1) is 12.7. The number of methoxy groups -OCH3 is 1. The Labute approximate surface area is 162 Å². The van der Waals surface area contributed by atoms with Crippen molar-refractivity contribution in [1.82, 2.24) is 14.1 Å². The van der Waals surface area contributed by atoms with Crippen molar-refractivity contribution in [2.75, 3.05) is 66.8 Å². The Balaban J connectivity index is 2.02. The molecule has 0 bridgehead atoms. The average Bonchev–Trinajstić information content (AvgIpc) is 2.59. The molecule has 2 rings (SSSR count). The maximum Gasteiger partial charge on any atom is 0.211 e. The topological polar surface area (TPSA) is 82.6 Å². The van der Waals surface area contributed by atoms with E-state index in [-0.39, 0.29) is 6.61 Å². The molecule has 1 aromatic carbocycles. The van der Waals surface area contributed by atoms with Gasteiger partial charge < -0.3 is 19.5 Å². The molecular formula is C18H31N3O5S. The van der Waals surface area contributed by atoms with Crippen molar-refractivity contribution >= 4 is 10.0 Å². The van der Waals surface area contributed by atoms with Gasteiger partial charge in [-0.3, -0.25) is 4.90 Å². The molecule has 27 heavy (non-hydrogen) atoms. The molecular weight excluding hydrogens is 370 g/mol. The van der Waals surface area contributed by atoms with Crippen molar-refractivity contribution in [3.8, 4) is 11.5 Å². The molecule has 0 amide bonds. The van der Waals surface area contributed by atoms with E-state index in [4.69, 9.17) is 9.47 Å². The minimum absolute atomic E-state index is 0.208. The van der Waals surface area contributed by atoms with Crippen LogP contribution in [0, 0.1) is 0 Å². The zero-order valence-corrected chi connectivity index (χ0v) is 17.4. The lowest BCUT2D eigenvalue weighted by Gasteiger charge is -2.33. The maximum atomic E-state index is 11.7. The van der Waals surface area contributed by atoms with Crippen LogP contribution < -0.4 is 9.47 Å². The van der Waals surface area contributed by atoms with Crippen LogP contribution in [-0.2, 0) is 16.6 Å². The third-order valence-corrected chi connectivity index (χ3v) is 5.77. The van der Waals surface area contributed by atoms with E-state index in [1.54, 1.807) is 7.11 Å². The van der Waals surface area contributed by atoms with Crippen molar-refractivity contribution in [3.63, 3.8) is 0 Å². The van der Waals surface area contributed by atoms with Crippen LogP contribution in [0.1, 0.15) is 5.56 Å². The van der Waals surface area contributed by atoms with Crippen molar-refractivity contribution in [1.29, 1.82) is 0 Å². The molecule has 0 spiro atoms. The van der Waals surface area contributed by atoms with E-state index in [1.807, 2.05) is 37.2 Å². The Morgan fingerprint density at radius 1 is 1.22 bits per heavy atom. The van der Waals surface area contributed by atoms with E-state index < -0.39 is 16.1 Å². The fraction of sp³-hybridized carbons (Fsp3) is 0.667. The van der Waals surface area contributed by atoms with Gasteiger partial charge in [0.05, 0.1) is 13.4 Å². The molecule has 1 heterocycles. The molecule has 0 radical (unpaired) electrons. The summed E-state index contributed by atoms with van der Waals surface area (Å²) < 4.78 is 36.0. The summed E-state index contributed by atoms with van der Waals surface area (Å²) in [5, 5.41) is 10.0. The summed E-state index contributed by atoms with van der Waals surface area (Å²) in [6.45, 7) is 3.66. The summed E-state index contributed by atoms with van der Waals surface area (Å²) in [6, 6.07) is 5.61. The molecule has 9 heteroatoms. The van der Waals surface area contributed by atoms with Crippen LogP contribution in [0.3, 0.4) is 0 Å². The fourth-order valence-corrected chi connectivity index (χ4v) is 3.89. The number of piperazine rings is 1. The van der Waals surface area contributed by atoms with E-state index in [1.165, 1.54) is 10.6 Å². The predicted octanol–water partition coefficient (Wildman–Crippen LogP) is 0.0737. The second kappa shape index (κ2) is 9.70. The number of sulfonamides is 1.